The number of amides is 3. The van der Waals surface area contributed by atoms with E-state index >= 15 is 0 Å². The Hall–Kier alpha value is -3.94. The van der Waals surface area contributed by atoms with Crippen molar-refractivity contribution in [3.05, 3.63) is 71.0 Å². The maximum absolute atomic E-state index is 12.8. The van der Waals surface area contributed by atoms with Crippen molar-refractivity contribution in [2.75, 3.05) is 28.3 Å². The lowest BCUT2D eigenvalue weighted by Crippen LogP contribution is -2.21. The van der Waals surface area contributed by atoms with Gasteiger partial charge in [0, 0.05) is 30.1 Å². The van der Waals surface area contributed by atoms with Gasteiger partial charge in [0.15, 0.2) is 0 Å². The Morgan fingerprint density at radius 2 is 1.62 bits per heavy atom. The van der Waals surface area contributed by atoms with E-state index in [1.54, 1.807) is 38.2 Å². The number of benzene rings is 2. The molecule has 3 aromatic rings. The number of anilines is 4. The first kappa shape index (κ1) is 22.7. The normalized spacial score (nSPS) is 10.6. The zero-order chi connectivity index (χ0) is 23.3. The van der Waals surface area contributed by atoms with Crippen LogP contribution in [0.1, 0.15) is 47.1 Å². The van der Waals surface area contributed by atoms with E-state index in [-0.39, 0.29) is 5.91 Å². The van der Waals surface area contributed by atoms with Gasteiger partial charge in [0.1, 0.15) is 17.5 Å². The highest BCUT2D eigenvalue weighted by molar-refractivity contribution is 6.06. The fourth-order valence-electron chi connectivity index (χ4n) is 3.11. The third-order valence-electron chi connectivity index (χ3n) is 4.89. The van der Waals surface area contributed by atoms with Crippen LogP contribution >= 0.6 is 0 Å². The summed E-state index contributed by atoms with van der Waals surface area (Å²) in [6.07, 6.45) is 0. The Kier molecular flexibility index (Phi) is 7.04. The first-order valence-electron chi connectivity index (χ1n) is 10.4. The van der Waals surface area contributed by atoms with Crippen molar-refractivity contribution in [3.8, 4) is 0 Å². The van der Waals surface area contributed by atoms with Crippen molar-refractivity contribution >= 4 is 34.9 Å². The summed E-state index contributed by atoms with van der Waals surface area (Å²) in [5.41, 5.74) is 3.68. The minimum absolute atomic E-state index is 0.251. The van der Waals surface area contributed by atoms with Gasteiger partial charge >= 0.3 is 6.03 Å². The summed E-state index contributed by atoms with van der Waals surface area (Å²) in [7, 11) is 1.74. The summed E-state index contributed by atoms with van der Waals surface area (Å²) in [4.78, 5) is 33.7. The van der Waals surface area contributed by atoms with Gasteiger partial charge in [0.25, 0.3) is 5.91 Å². The molecule has 8 nitrogen and oxygen atoms in total. The molecule has 0 unspecified atom stereocenters. The summed E-state index contributed by atoms with van der Waals surface area (Å²) in [5.74, 6) is 1.62. The first-order chi connectivity index (χ1) is 15.2. The van der Waals surface area contributed by atoms with Crippen molar-refractivity contribution < 1.29 is 9.59 Å². The second-order valence-corrected chi connectivity index (χ2v) is 7.78. The Morgan fingerprint density at radius 3 is 2.34 bits per heavy atom. The molecule has 2 aromatic carbocycles. The van der Waals surface area contributed by atoms with Crippen LogP contribution in [-0.4, -0.2) is 29.0 Å². The predicted octanol–water partition coefficient (Wildman–Crippen LogP) is 5.15. The average Bonchev–Trinajstić information content (AvgIpc) is 2.74. The van der Waals surface area contributed by atoms with Gasteiger partial charge < -0.3 is 16.0 Å². The van der Waals surface area contributed by atoms with Crippen LogP contribution in [0.5, 0.6) is 0 Å². The van der Waals surface area contributed by atoms with E-state index in [0.29, 0.717) is 34.6 Å². The minimum atomic E-state index is -0.463. The van der Waals surface area contributed by atoms with Gasteiger partial charge in [-0.2, -0.15) is 0 Å². The second kappa shape index (κ2) is 9.91. The van der Waals surface area contributed by atoms with Gasteiger partial charge in [0.2, 0.25) is 0 Å². The van der Waals surface area contributed by atoms with Crippen LogP contribution < -0.4 is 21.3 Å². The lowest BCUT2D eigenvalue weighted by molar-refractivity contribution is 0.102. The van der Waals surface area contributed by atoms with E-state index in [1.165, 1.54) is 0 Å². The standard InChI is InChI=1S/C24H28N6O2/c1-14(2)17-7-6-8-19(11-17)28-23(31)18-10-9-15(3)20(12-18)29-24(32)30-22-13-21(25-5)26-16(4)27-22/h6-14H,1-5H3,(H,28,31)(H3,25,26,27,29,30,32). The molecule has 0 aliphatic heterocycles. The molecule has 0 spiro atoms. The van der Waals surface area contributed by atoms with Crippen LogP contribution in [0.15, 0.2) is 48.5 Å². The van der Waals surface area contributed by atoms with E-state index in [9.17, 15) is 9.59 Å². The molecule has 4 N–H and O–H groups in total. The van der Waals surface area contributed by atoms with E-state index in [4.69, 9.17) is 0 Å². The van der Waals surface area contributed by atoms with Gasteiger partial charge in [-0.05, 0) is 55.2 Å². The number of aryl methyl sites for hydroxylation is 2. The molecule has 0 fully saturated rings. The Labute approximate surface area is 187 Å². The Morgan fingerprint density at radius 1 is 0.875 bits per heavy atom. The zero-order valence-electron chi connectivity index (χ0n) is 18.9. The van der Waals surface area contributed by atoms with Crippen molar-refractivity contribution in [1.82, 2.24) is 9.97 Å². The monoisotopic (exact) mass is 432 g/mol. The van der Waals surface area contributed by atoms with Crippen LogP contribution in [-0.2, 0) is 0 Å². The quantitative estimate of drug-likeness (QED) is 0.431. The summed E-state index contributed by atoms with van der Waals surface area (Å²) in [6, 6.07) is 14.1. The SMILES string of the molecule is CNc1cc(NC(=O)Nc2cc(C(=O)Nc3cccc(C(C)C)c3)ccc2C)nc(C)n1. The Bertz CT molecular complexity index is 1140. The molecule has 0 bridgehead atoms. The van der Waals surface area contributed by atoms with E-state index < -0.39 is 6.03 Å². The molecule has 0 aliphatic carbocycles. The number of hydrogen-bond acceptors (Lipinski definition) is 5. The van der Waals surface area contributed by atoms with E-state index in [1.807, 2.05) is 31.2 Å². The number of nitrogens with zero attached hydrogens (tertiary/aromatic N) is 2. The lowest BCUT2D eigenvalue weighted by atomic mass is 10.0. The molecule has 0 atom stereocenters. The topological polar surface area (TPSA) is 108 Å². The summed E-state index contributed by atoms with van der Waals surface area (Å²) < 4.78 is 0. The molecular weight excluding hydrogens is 404 g/mol. The van der Waals surface area contributed by atoms with Gasteiger partial charge in [-0.3, -0.25) is 10.1 Å². The fourth-order valence-corrected chi connectivity index (χ4v) is 3.11. The number of hydrogen-bond donors (Lipinski definition) is 4. The molecule has 0 radical (unpaired) electrons. The van der Waals surface area contributed by atoms with Crippen molar-refractivity contribution in [1.29, 1.82) is 0 Å². The average molecular weight is 433 g/mol. The van der Waals surface area contributed by atoms with Gasteiger partial charge in [-0.25, -0.2) is 14.8 Å². The van der Waals surface area contributed by atoms with Gasteiger partial charge in [-0.1, -0.05) is 32.0 Å². The predicted molar refractivity (Wildman–Crippen MR) is 129 cm³/mol. The number of urea groups is 1. The second-order valence-electron chi connectivity index (χ2n) is 7.78. The molecule has 0 saturated carbocycles. The highest BCUT2D eigenvalue weighted by Gasteiger charge is 2.12. The molecule has 1 heterocycles. The lowest BCUT2D eigenvalue weighted by Gasteiger charge is -2.13. The van der Waals surface area contributed by atoms with Crippen molar-refractivity contribution in [2.24, 2.45) is 0 Å². The molecule has 32 heavy (non-hydrogen) atoms. The minimum Gasteiger partial charge on any atom is -0.373 e. The third kappa shape index (κ3) is 5.81. The highest BCUT2D eigenvalue weighted by Crippen LogP contribution is 2.21. The number of nitrogens with one attached hydrogen (secondary N) is 4. The smallest absolute Gasteiger partial charge is 0.324 e. The molecule has 8 heteroatoms. The van der Waals surface area contributed by atoms with Crippen LogP contribution in [0, 0.1) is 13.8 Å². The van der Waals surface area contributed by atoms with Crippen LogP contribution in [0.4, 0.5) is 27.8 Å². The number of carbonyl (C=O) groups is 2. The number of rotatable bonds is 6. The summed E-state index contributed by atoms with van der Waals surface area (Å²) in [5, 5.41) is 11.3. The zero-order valence-corrected chi connectivity index (χ0v) is 18.9. The van der Waals surface area contributed by atoms with Gasteiger partial charge in [0.05, 0.1) is 0 Å². The number of aromatic nitrogens is 2. The Balaban J connectivity index is 1.72. The van der Waals surface area contributed by atoms with Gasteiger partial charge in [-0.15, -0.1) is 0 Å². The molecule has 0 saturated heterocycles. The largest absolute Gasteiger partial charge is 0.373 e. The number of carbonyl (C=O) groups excluding carboxylic acids is 2. The molecule has 166 valence electrons. The first-order valence-corrected chi connectivity index (χ1v) is 10.4. The third-order valence-corrected chi connectivity index (χ3v) is 4.89. The summed E-state index contributed by atoms with van der Waals surface area (Å²) >= 11 is 0. The van der Waals surface area contributed by atoms with Crippen LogP contribution in [0.25, 0.3) is 0 Å². The van der Waals surface area contributed by atoms with E-state index in [2.05, 4.69) is 45.1 Å². The van der Waals surface area contributed by atoms with Crippen LogP contribution in [0.3, 0.4) is 0 Å². The summed E-state index contributed by atoms with van der Waals surface area (Å²) in [6.45, 7) is 7.81. The molecule has 1 aromatic heterocycles. The molecule has 0 aliphatic rings. The maximum atomic E-state index is 12.8. The van der Waals surface area contributed by atoms with E-state index in [0.717, 1.165) is 16.8 Å². The molecule has 3 rings (SSSR count). The maximum Gasteiger partial charge on any atom is 0.324 e. The van der Waals surface area contributed by atoms with Crippen LogP contribution in [0.2, 0.25) is 0 Å². The highest BCUT2D eigenvalue weighted by atomic mass is 16.2. The molecular formula is C24H28N6O2. The fraction of sp³-hybridized carbons (Fsp3) is 0.250. The molecule has 3 amide bonds. The van der Waals surface area contributed by atoms with Crippen molar-refractivity contribution in [2.45, 2.75) is 33.6 Å². The van der Waals surface area contributed by atoms with Crippen molar-refractivity contribution in [3.63, 3.8) is 0 Å².